The van der Waals surface area contributed by atoms with E-state index in [0.717, 1.165) is 31.2 Å². The van der Waals surface area contributed by atoms with Gasteiger partial charge in [0.2, 0.25) is 0 Å². The highest BCUT2D eigenvalue weighted by molar-refractivity contribution is 5.93. The first kappa shape index (κ1) is 13.1. The Kier molecular flexibility index (Phi) is 4.33. The van der Waals surface area contributed by atoms with Gasteiger partial charge in [0.05, 0.1) is 6.10 Å². The van der Waals surface area contributed by atoms with Gasteiger partial charge in [-0.1, -0.05) is 17.7 Å². The Labute approximate surface area is 107 Å². The second kappa shape index (κ2) is 5.98. The molecule has 0 atom stereocenters. The zero-order valence-electron chi connectivity index (χ0n) is 10.7. The van der Waals surface area contributed by atoms with Gasteiger partial charge in [0.15, 0.2) is 0 Å². The van der Waals surface area contributed by atoms with Crippen LogP contribution in [-0.2, 0) is 4.84 Å². The molecule has 0 spiro atoms. The average molecular weight is 248 g/mol. The lowest BCUT2D eigenvalue weighted by atomic mass is 9.94. The van der Waals surface area contributed by atoms with Crippen molar-refractivity contribution in [1.29, 1.82) is 0 Å². The highest BCUT2D eigenvalue weighted by Gasteiger charge is 2.20. The van der Waals surface area contributed by atoms with E-state index in [4.69, 9.17) is 10.6 Å². The van der Waals surface area contributed by atoms with Crippen LogP contribution >= 0.6 is 0 Å². The van der Waals surface area contributed by atoms with Gasteiger partial charge in [-0.2, -0.15) is 0 Å². The van der Waals surface area contributed by atoms with Crippen LogP contribution in [0.2, 0.25) is 0 Å². The summed E-state index contributed by atoms with van der Waals surface area (Å²) in [6.45, 7) is 1.96. The summed E-state index contributed by atoms with van der Waals surface area (Å²) in [6, 6.07) is 7.74. The molecule has 18 heavy (non-hydrogen) atoms. The first-order chi connectivity index (χ1) is 8.65. The van der Waals surface area contributed by atoms with Gasteiger partial charge in [-0.3, -0.25) is 9.63 Å². The normalized spacial score (nSPS) is 23.7. The third-order valence-electron chi connectivity index (χ3n) is 3.32. The Balaban J connectivity index is 1.81. The lowest BCUT2D eigenvalue weighted by Crippen LogP contribution is -2.35. The standard InChI is InChI=1S/C14H20N2O2/c1-10-3-2-4-11(9-10)14(17)16-18-13-7-5-12(15)6-8-13/h2-4,9,12-13H,5-8,15H2,1H3,(H,16,17). The second-order valence-corrected chi connectivity index (χ2v) is 4.96. The Morgan fingerprint density at radius 3 is 2.72 bits per heavy atom. The molecular weight excluding hydrogens is 228 g/mol. The van der Waals surface area contributed by atoms with Crippen LogP contribution in [0.1, 0.15) is 41.6 Å². The summed E-state index contributed by atoms with van der Waals surface area (Å²) >= 11 is 0. The number of rotatable bonds is 3. The van der Waals surface area contributed by atoms with E-state index < -0.39 is 0 Å². The topological polar surface area (TPSA) is 64.3 Å². The maximum absolute atomic E-state index is 11.8. The number of amides is 1. The van der Waals surface area contributed by atoms with Gasteiger partial charge in [-0.15, -0.1) is 0 Å². The highest BCUT2D eigenvalue weighted by Crippen LogP contribution is 2.19. The molecule has 0 aliphatic heterocycles. The number of nitrogens with one attached hydrogen (secondary N) is 1. The smallest absolute Gasteiger partial charge is 0.274 e. The Morgan fingerprint density at radius 1 is 1.33 bits per heavy atom. The second-order valence-electron chi connectivity index (χ2n) is 4.96. The maximum Gasteiger partial charge on any atom is 0.274 e. The Bertz CT molecular complexity index is 412. The molecule has 4 heteroatoms. The number of nitrogens with two attached hydrogens (primary N) is 1. The van der Waals surface area contributed by atoms with Crippen LogP contribution in [0.15, 0.2) is 24.3 Å². The maximum atomic E-state index is 11.8. The summed E-state index contributed by atoms with van der Waals surface area (Å²) in [5.41, 5.74) is 10.0. The minimum absolute atomic E-state index is 0.0959. The monoisotopic (exact) mass is 248 g/mol. The summed E-state index contributed by atoms with van der Waals surface area (Å²) in [5, 5.41) is 0. The number of carbonyl (C=O) groups is 1. The van der Waals surface area contributed by atoms with Crippen LogP contribution in [0.25, 0.3) is 0 Å². The molecule has 0 bridgehead atoms. The summed E-state index contributed by atoms with van der Waals surface area (Å²) in [4.78, 5) is 17.3. The fraction of sp³-hybridized carbons (Fsp3) is 0.500. The van der Waals surface area contributed by atoms with Gasteiger partial charge in [-0.25, -0.2) is 5.48 Å². The molecule has 98 valence electrons. The molecule has 4 nitrogen and oxygen atoms in total. The molecule has 0 unspecified atom stereocenters. The molecule has 0 aromatic heterocycles. The van der Waals surface area contributed by atoms with Crippen molar-refractivity contribution in [2.45, 2.75) is 44.8 Å². The number of hydrogen-bond acceptors (Lipinski definition) is 3. The van der Waals surface area contributed by atoms with Gasteiger partial charge in [0.25, 0.3) is 5.91 Å². The number of hydrogen-bond donors (Lipinski definition) is 2. The molecule has 1 aliphatic carbocycles. The summed E-state index contributed by atoms with van der Waals surface area (Å²) < 4.78 is 0. The predicted molar refractivity (Wildman–Crippen MR) is 70.0 cm³/mol. The minimum Gasteiger partial charge on any atom is -0.328 e. The number of benzene rings is 1. The summed E-state index contributed by atoms with van der Waals surface area (Å²) in [5.74, 6) is -0.187. The van der Waals surface area contributed by atoms with Crippen LogP contribution in [0, 0.1) is 6.92 Å². The van der Waals surface area contributed by atoms with Gasteiger partial charge >= 0.3 is 0 Å². The molecule has 1 saturated carbocycles. The molecule has 0 radical (unpaired) electrons. The van der Waals surface area contributed by atoms with Crippen molar-refractivity contribution >= 4 is 5.91 Å². The van der Waals surface area contributed by atoms with E-state index in [0.29, 0.717) is 5.56 Å². The fourth-order valence-corrected chi connectivity index (χ4v) is 2.19. The zero-order valence-corrected chi connectivity index (χ0v) is 10.7. The van der Waals surface area contributed by atoms with E-state index in [1.807, 2.05) is 25.1 Å². The van der Waals surface area contributed by atoms with Crippen molar-refractivity contribution in [2.75, 3.05) is 0 Å². The molecular formula is C14H20N2O2. The van der Waals surface area contributed by atoms with Crippen LogP contribution in [0.3, 0.4) is 0 Å². The quantitative estimate of drug-likeness (QED) is 0.803. The molecule has 1 aromatic carbocycles. The van der Waals surface area contributed by atoms with Crippen molar-refractivity contribution in [2.24, 2.45) is 5.73 Å². The minimum atomic E-state index is -0.187. The van der Waals surface area contributed by atoms with E-state index in [1.165, 1.54) is 0 Å². The molecule has 0 saturated heterocycles. The van der Waals surface area contributed by atoms with Gasteiger partial charge in [0.1, 0.15) is 0 Å². The van der Waals surface area contributed by atoms with Crippen LogP contribution < -0.4 is 11.2 Å². The van der Waals surface area contributed by atoms with Crippen LogP contribution in [-0.4, -0.2) is 18.1 Å². The number of aryl methyl sites for hydroxylation is 1. The number of hydroxylamine groups is 1. The van der Waals surface area contributed by atoms with Gasteiger partial charge in [-0.05, 0) is 44.7 Å². The third kappa shape index (κ3) is 3.55. The van der Waals surface area contributed by atoms with Crippen molar-refractivity contribution in [3.05, 3.63) is 35.4 Å². The third-order valence-corrected chi connectivity index (χ3v) is 3.32. The highest BCUT2D eigenvalue weighted by atomic mass is 16.7. The summed E-state index contributed by atoms with van der Waals surface area (Å²) in [7, 11) is 0. The van der Waals surface area contributed by atoms with Crippen LogP contribution in [0.4, 0.5) is 0 Å². The van der Waals surface area contributed by atoms with Crippen LogP contribution in [0.5, 0.6) is 0 Å². The van der Waals surface area contributed by atoms with Crippen molar-refractivity contribution < 1.29 is 9.63 Å². The van der Waals surface area contributed by atoms with Crippen molar-refractivity contribution in [3.8, 4) is 0 Å². The first-order valence-corrected chi connectivity index (χ1v) is 6.43. The molecule has 1 aromatic rings. The molecule has 3 N–H and O–H groups in total. The van der Waals surface area contributed by atoms with Crippen molar-refractivity contribution in [3.63, 3.8) is 0 Å². The van der Waals surface area contributed by atoms with E-state index in [2.05, 4.69) is 5.48 Å². The molecule has 1 amide bonds. The molecule has 0 heterocycles. The van der Waals surface area contributed by atoms with E-state index in [-0.39, 0.29) is 18.1 Å². The Hall–Kier alpha value is -1.39. The zero-order chi connectivity index (χ0) is 13.0. The number of carbonyl (C=O) groups excluding carboxylic acids is 1. The average Bonchev–Trinajstić information content (AvgIpc) is 2.38. The summed E-state index contributed by atoms with van der Waals surface area (Å²) in [6.07, 6.45) is 3.85. The van der Waals surface area contributed by atoms with E-state index in [9.17, 15) is 4.79 Å². The van der Waals surface area contributed by atoms with Gasteiger partial charge in [0, 0.05) is 11.6 Å². The fourth-order valence-electron chi connectivity index (χ4n) is 2.19. The predicted octanol–water partition coefficient (Wildman–Crippen LogP) is 1.93. The molecule has 1 aliphatic rings. The van der Waals surface area contributed by atoms with Gasteiger partial charge < -0.3 is 5.73 Å². The SMILES string of the molecule is Cc1cccc(C(=O)NOC2CCC(N)CC2)c1. The largest absolute Gasteiger partial charge is 0.328 e. The first-order valence-electron chi connectivity index (χ1n) is 6.43. The van der Waals surface area contributed by atoms with E-state index >= 15 is 0 Å². The molecule has 1 fully saturated rings. The lowest BCUT2D eigenvalue weighted by molar-refractivity contribution is -0.0331. The van der Waals surface area contributed by atoms with E-state index in [1.54, 1.807) is 6.07 Å². The molecule has 2 rings (SSSR count). The van der Waals surface area contributed by atoms with Crippen molar-refractivity contribution in [1.82, 2.24) is 5.48 Å². The Morgan fingerprint density at radius 2 is 2.06 bits per heavy atom. The lowest BCUT2D eigenvalue weighted by Gasteiger charge is -2.25.